The Morgan fingerprint density at radius 2 is 2.00 bits per heavy atom. The molecule has 0 saturated carbocycles. The minimum Gasteiger partial charge on any atom is -0.471 e. The van der Waals surface area contributed by atoms with Crippen LogP contribution in [0.1, 0.15) is 16.8 Å². The largest absolute Gasteiger partial charge is 0.573 e. The summed E-state index contributed by atoms with van der Waals surface area (Å²) in [6.07, 6.45) is -3.10. The molecule has 25 heavy (non-hydrogen) atoms. The fraction of sp³-hybridized carbons (Fsp3) is 0.312. The molecule has 2 heterocycles. The van der Waals surface area contributed by atoms with Crippen LogP contribution in [0.25, 0.3) is 0 Å². The highest BCUT2D eigenvalue weighted by Crippen LogP contribution is 2.28. The highest BCUT2D eigenvalue weighted by atomic mass is 19.4. The summed E-state index contributed by atoms with van der Waals surface area (Å²) < 4.78 is 47.0. The van der Waals surface area contributed by atoms with Gasteiger partial charge in [0.15, 0.2) is 0 Å². The van der Waals surface area contributed by atoms with E-state index >= 15 is 0 Å². The highest BCUT2D eigenvalue weighted by molar-refractivity contribution is 5.97. The van der Waals surface area contributed by atoms with Crippen LogP contribution in [0.4, 0.5) is 13.2 Å². The molecule has 1 aromatic carbocycles. The Balaban J connectivity index is 1.68. The number of para-hydroxylation sites is 1. The second kappa shape index (κ2) is 6.96. The van der Waals surface area contributed by atoms with Gasteiger partial charge < -0.3 is 14.4 Å². The number of hydrogen-bond acceptors (Lipinski definition) is 5. The van der Waals surface area contributed by atoms with Gasteiger partial charge in [-0.1, -0.05) is 12.1 Å². The number of hydrogen-bond donors (Lipinski definition) is 0. The van der Waals surface area contributed by atoms with Crippen LogP contribution in [0.5, 0.6) is 11.6 Å². The quantitative estimate of drug-likeness (QED) is 0.846. The summed E-state index contributed by atoms with van der Waals surface area (Å²) in [5.41, 5.74) is -0.139. The number of likely N-dealkylation sites (tertiary alicyclic amines) is 1. The molecule has 2 aromatic rings. The Hall–Kier alpha value is -2.84. The van der Waals surface area contributed by atoms with Crippen LogP contribution in [0.3, 0.4) is 0 Å². The van der Waals surface area contributed by atoms with E-state index in [4.69, 9.17) is 4.74 Å². The van der Waals surface area contributed by atoms with E-state index in [1.165, 1.54) is 29.3 Å². The van der Waals surface area contributed by atoms with Crippen LogP contribution in [-0.4, -0.2) is 46.6 Å². The van der Waals surface area contributed by atoms with Crippen LogP contribution < -0.4 is 9.47 Å². The number of alkyl halides is 3. The Labute approximate surface area is 141 Å². The molecule has 0 bridgehead atoms. The zero-order valence-electron chi connectivity index (χ0n) is 12.9. The maximum absolute atomic E-state index is 12.5. The summed E-state index contributed by atoms with van der Waals surface area (Å²) >= 11 is 0. The first-order valence-corrected chi connectivity index (χ1v) is 7.51. The molecular weight excluding hydrogens is 339 g/mol. The number of benzene rings is 1. The lowest BCUT2D eigenvalue weighted by atomic mass is 10.2. The molecule has 132 valence electrons. The van der Waals surface area contributed by atoms with Crippen molar-refractivity contribution >= 4 is 5.91 Å². The van der Waals surface area contributed by atoms with E-state index in [2.05, 4.69) is 14.9 Å². The Morgan fingerprint density at radius 1 is 1.20 bits per heavy atom. The van der Waals surface area contributed by atoms with Crippen molar-refractivity contribution in [1.29, 1.82) is 0 Å². The maximum Gasteiger partial charge on any atom is 0.573 e. The van der Waals surface area contributed by atoms with Gasteiger partial charge in [-0.25, -0.2) is 0 Å². The first-order chi connectivity index (χ1) is 11.9. The third-order valence-corrected chi connectivity index (χ3v) is 3.61. The smallest absolute Gasteiger partial charge is 0.471 e. The van der Waals surface area contributed by atoms with Crippen LogP contribution in [0.15, 0.2) is 42.6 Å². The lowest BCUT2D eigenvalue weighted by Crippen LogP contribution is -2.32. The molecule has 1 saturated heterocycles. The van der Waals surface area contributed by atoms with E-state index in [1.54, 1.807) is 12.1 Å². The summed E-state index contributed by atoms with van der Waals surface area (Å²) in [5, 5.41) is 7.50. The van der Waals surface area contributed by atoms with Crippen molar-refractivity contribution in [2.75, 3.05) is 13.1 Å². The van der Waals surface area contributed by atoms with Crippen molar-refractivity contribution in [3.63, 3.8) is 0 Å². The van der Waals surface area contributed by atoms with Gasteiger partial charge in [-0.05, 0) is 18.2 Å². The number of amides is 1. The second-order valence-electron chi connectivity index (χ2n) is 5.39. The molecule has 1 amide bonds. The maximum atomic E-state index is 12.5. The predicted molar refractivity (Wildman–Crippen MR) is 80.1 cm³/mol. The molecule has 3 rings (SSSR count). The summed E-state index contributed by atoms with van der Waals surface area (Å²) in [6, 6.07) is 8.60. The van der Waals surface area contributed by atoms with Crippen LogP contribution in [-0.2, 0) is 0 Å². The average molecular weight is 353 g/mol. The van der Waals surface area contributed by atoms with Gasteiger partial charge in [0.05, 0.1) is 12.1 Å². The molecule has 1 atom stereocenters. The van der Waals surface area contributed by atoms with Gasteiger partial charge in [0, 0.05) is 25.2 Å². The molecule has 1 fully saturated rings. The Bertz CT molecular complexity index is 740. The summed E-state index contributed by atoms with van der Waals surface area (Å²) in [4.78, 5) is 14.0. The number of halogens is 3. The third kappa shape index (κ3) is 4.37. The summed E-state index contributed by atoms with van der Waals surface area (Å²) in [7, 11) is 0. The van der Waals surface area contributed by atoms with Gasteiger partial charge in [0.2, 0.25) is 5.88 Å². The van der Waals surface area contributed by atoms with Gasteiger partial charge in [-0.3, -0.25) is 4.79 Å². The van der Waals surface area contributed by atoms with Crippen molar-refractivity contribution in [3.8, 4) is 11.6 Å². The Morgan fingerprint density at radius 3 is 2.72 bits per heavy atom. The monoisotopic (exact) mass is 353 g/mol. The zero-order valence-corrected chi connectivity index (χ0v) is 12.9. The van der Waals surface area contributed by atoms with Gasteiger partial charge in [-0.2, -0.15) is 5.10 Å². The number of carbonyl (C=O) groups is 1. The van der Waals surface area contributed by atoms with Crippen LogP contribution in [0, 0.1) is 0 Å². The molecule has 1 aliphatic heterocycles. The molecule has 0 N–H and O–H groups in total. The Kier molecular flexibility index (Phi) is 4.73. The minimum absolute atomic E-state index is 0.139. The molecular formula is C16H14F3N3O3. The number of carbonyl (C=O) groups excluding carboxylic acids is 1. The van der Waals surface area contributed by atoms with Crippen LogP contribution >= 0.6 is 0 Å². The summed E-state index contributed by atoms with van der Waals surface area (Å²) in [6.45, 7) is 0.611. The molecule has 1 unspecified atom stereocenters. The summed E-state index contributed by atoms with van der Waals surface area (Å²) in [5.74, 6) is -0.717. The third-order valence-electron chi connectivity index (χ3n) is 3.61. The molecule has 1 aliphatic rings. The topological polar surface area (TPSA) is 64.5 Å². The number of rotatable bonds is 4. The number of nitrogens with zero attached hydrogens (tertiary/aromatic N) is 3. The highest BCUT2D eigenvalue weighted by Gasteiger charge is 2.35. The number of aromatic nitrogens is 2. The first-order valence-electron chi connectivity index (χ1n) is 7.51. The molecule has 1 aromatic heterocycles. The minimum atomic E-state index is -4.86. The molecule has 0 radical (unpaired) electrons. The lowest BCUT2D eigenvalue weighted by Gasteiger charge is -2.19. The van der Waals surface area contributed by atoms with E-state index in [-0.39, 0.29) is 18.2 Å². The molecule has 9 heteroatoms. The van der Waals surface area contributed by atoms with E-state index < -0.39 is 18.0 Å². The lowest BCUT2D eigenvalue weighted by molar-refractivity contribution is -0.274. The average Bonchev–Trinajstić information content (AvgIpc) is 3.03. The first kappa shape index (κ1) is 17.0. The van der Waals surface area contributed by atoms with Crippen molar-refractivity contribution in [1.82, 2.24) is 15.1 Å². The normalized spacial score (nSPS) is 17.4. The SMILES string of the molecule is O=C(c1ccccc1OC(F)(F)F)N1CCC(Oc2cccnn2)C1. The van der Waals surface area contributed by atoms with Gasteiger partial charge in [0.25, 0.3) is 5.91 Å². The zero-order chi connectivity index (χ0) is 17.9. The van der Waals surface area contributed by atoms with E-state index in [0.717, 1.165) is 6.07 Å². The van der Waals surface area contributed by atoms with Crippen molar-refractivity contribution < 1.29 is 27.4 Å². The number of ether oxygens (including phenoxy) is 2. The van der Waals surface area contributed by atoms with Crippen molar-refractivity contribution in [3.05, 3.63) is 48.2 Å². The molecule has 6 nitrogen and oxygen atoms in total. The standard InChI is InChI=1S/C16H14F3N3O3/c17-16(18,19)25-13-5-2-1-4-12(13)15(23)22-9-7-11(10-22)24-14-6-3-8-20-21-14/h1-6,8,11H,7,9-10H2. The van der Waals surface area contributed by atoms with Gasteiger partial charge in [0.1, 0.15) is 11.9 Å². The molecule has 0 spiro atoms. The fourth-order valence-electron chi connectivity index (χ4n) is 2.56. The van der Waals surface area contributed by atoms with Gasteiger partial charge in [-0.15, -0.1) is 18.3 Å². The van der Waals surface area contributed by atoms with Crippen molar-refractivity contribution in [2.24, 2.45) is 0 Å². The van der Waals surface area contributed by atoms with Crippen molar-refractivity contribution in [2.45, 2.75) is 18.9 Å². The second-order valence-corrected chi connectivity index (χ2v) is 5.39. The fourth-order valence-corrected chi connectivity index (χ4v) is 2.56. The predicted octanol–water partition coefficient (Wildman–Crippen LogP) is 2.67. The van der Waals surface area contributed by atoms with Crippen LogP contribution in [0.2, 0.25) is 0 Å². The molecule has 0 aliphatic carbocycles. The van der Waals surface area contributed by atoms with Gasteiger partial charge >= 0.3 is 6.36 Å². The van der Waals surface area contributed by atoms with E-state index in [0.29, 0.717) is 18.8 Å². The van der Waals surface area contributed by atoms with E-state index in [1.807, 2.05) is 0 Å². The van der Waals surface area contributed by atoms with E-state index in [9.17, 15) is 18.0 Å².